The van der Waals surface area contributed by atoms with E-state index in [0.29, 0.717) is 23.6 Å². The maximum atomic E-state index is 13.2. The molecule has 9 heteroatoms. The van der Waals surface area contributed by atoms with Gasteiger partial charge in [0.2, 0.25) is 0 Å². The smallest absolute Gasteiger partial charge is 0.313 e. The number of amides is 1. The van der Waals surface area contributed by atoms with Gasteiger partial charge in [0.05, 0.1) is 23.6 Å². The molecule has 2 atom stereocenters. The minimum absolute atomic E-state index is 0.0333. The number of nitro benzene ring substituents is 1. The maximum Gasteiger partial charge on any atom is 0.313 e. The monoisotopic (exact) mass is 418 g/mol. The van der Waals surface area contributed by atoms with E-state index < -0.39 is 28.8 Å². The normalized spacial score (nSPS) is 18.3. The number of rotatable bonds is 7. The van der Waals surface area contributed by atoms with Gasteiger partial charge in [-0.1, -0.05) is 18.2 Å². The molecule has 0 saturated heterocycles. The van der Waals surface area contributed by atoms with Crippen LogP contribution in [0.2, 0.25) is 0 Å². The topological polar surface area (TPSA) is 110 Å². The van der Waals surface area contributed by atoms with E-state index in [-0.39, 0.29) is 23.4 Å². The molecule has 0 bridgehead atoms. The molecule has 2 aromatic rings. The SMILES string of the molecule is COc1ccc([C@H]2[C@@H](C(=O)O)c3ccc([N+](=O)[O-])cc3C(=O)N2CCCCl)cc1. The molecule has 0 unspecified atom stereocenters. The molecule has 0 fully saturated rings. The summed E-state index contributed by atoms with van der Waals surface area (Å²) < 4.78 is 5.16. The zero-order valence-corrected chi connectivity index (χ0v) is 16.3. The molecule has 0 aromatic heterocycles. The average Bonchev–Trinajstić information content (AvgIpc) is 2.72. The van der Waals surface area contributed by atoms with Gasteiger partial charge in [-0.25, -0.2) is 0 Å². The third-order valence-electron chi connectivity index (χ3n) is 4.98. The first-order valence-corrected chi connectivity index (χ1v) is 9.44. The molecule has 1 aliphatic heterocycles. The minimum atomic E-state index is -1.12. The number of carbonyl (C=O) groups is 2. The quantitative estimate of drug-likeness (QED) is 0.418. The standard InChI is InChI=1S/C20H19ClN2O6/c1-29-14-6-3-12(4-7-14)18-17(20(25)26)15-8-5-13(23(27)28)11-16(15)19(24)22(18)10-2-9-21/h3-8,11,17-18H,2,9-10H2,1H3,(H,25,26)/t17-,18-/m0/s1. The van der Waals surface area contributed by atoms with E-state index in [9.17, 15) is 24.8 Å². The molecule has 0 aliphatic carbocycles. The maximum absolute atomic E-state index is 13.2. The van der Waals surface area contributed by atoms with Crippen molar-refractivity contribution in [2.75, 3.05) is 19.5 Å². The van der Waals surface area contributed by atoms with Crippen molar-refractivity contribution in [3.05, 3.63) is 69.3 Å². The summed E-state index contributed by atoms with van der Waals surface area (Å²) in [4.78, 5) is 37.4. The lowest BCUT2D eigenvalue weighted by molar-refractivity contribution is -0.384. The van der Waals surface area contributed by atoms with Gasteiger partial charge in [-0.05, 0) is 29.7 Å². The highest BCUT2D eigenvalue weighted by molar-refractivity contribution is 6.17. The highest BCUT2D eigenvalue weighted by Crippen LogP contribution is 2.44. The Morgan fingerprint density at radius 1 is 1.28 bits per heavy atom. The van der Waals surface area contributed by atoms with Gasteiger partial charge in [-0.15, -0.1) is 11.6 Å². The van der Waals surface area contributed by atoms with Gasteiger partial charge in [-0.3, -0.25) is 19.7 Å². The Morgan fingerprint density at radius 2 is 1.97 bits per heavy atom. The van der Waals surface area contributed by atoms with Crippen molar-refractivity contribution in [1.82, 2.24) is 4.90 Å². The second-order valence-electron chi connectivity index (χ2n) is 6.60. The van der Waals surface area contributed by atoms with Crippen LogP contribution in [0.5, 0.6) is 5.75 Å². The lowest BCUT2D eigenvalue weighted by atomic mass is 9.79. The highest BCUT2D eigenvalue weighted by Gasteiger charge is 2.44. The van der Waals surface area contributed by atoms with Gasteiger partial charge < -0.3 is 14.7 Å². The number of methoxy groups -OCH3 is 1. The van der Waals surface area contributed by atoms with Crippen molar-refractivity contribution in [1.29, 1.82) is 0 Å². The molecule has 0 saturated carbocycles. The Labute approximate surface area is 171 Å². The Bertz CT molecular complexity index is 946. The Hall–Kier alpha value is -3.13. The summed E-state index contributed by atoms with van der Waals surface area (Å²) in [5.74, 6) is -1.76. The predicted molar refractivity (Wildman–Crippen MR) is 106 cm³/mol. The predicted octanol–water partition coefficient (Wildman–Crippen LogP) is 3.60. The Kier molecular flexibility index (Phi) is 6.03. The number of halogens is 1. The van der Waals surface area contributed by atoms with Gasteiger partial charge in [0, 0.05) is 24.6 Å². The summed E-state index contributed by atoms with van der Waals surface area (Å²) in [7, 11) is 1.52. The highest BCUT2D eigenvalue weighted by atomic mass is 35.5. The van der Waals surface area contributed by atoms with E-state index in [2.05, 4.69) is 0 Å². The van der Waals surface area contributed by atoms with E-state index in [1.807, 2.05) is 0 Å². The summed E-state index contributed by atoms with van der Waals surface area (Å²) in [6, 6.07) is 9.79. The molecule has 1 aliphatic rings. The second-order valence-corrected chi connectivity index (χ2v) is 6.98. The van der Waals surface area contributed by atoms with Crippen LogP contribution in [0.3, 0.4) is 0 Å². The number of carboxylic acids is 1. The fraction of sp³-hybridized carbons (Fsp3) is 0.300. The van der Waals surface area contributed by atoms with Crippen LogP contribution in [-0.2, 0) is 4.79 Å². The van der Waals surface area contributed by atoms with E-state index in [1.54, 1.807) is 24.3 Å². The summed E-state index contributed by atoms with van der Waals surface area (Å²) in [6.45, 7) is 0.227. The van der Waals surface area contributed by atoms with Gasteiger partial charge in [0.15, 0.2) is 0 Å². The molecule has 1 heterocycles. The van der Waals surface area contributed by atoms with Gasteiger partial charge in [0.1, 0.15) is 11.7 Å². The van der Waals surface area contributed by atoms with Crippen LogP contribution in [0.1, 0.15) is 39.9 Å². The zero-order valence-electron chi connectivity index (χ0n) is 15.6. The molecule has 1 amide bonds. The van der Waals surface area contributed by atoms with Crippen LogP contribution in [0.15, 0.2) is 42.5 Å². The second kappa shape index (κ2) is 8.48. The van der Waals surface area contributed by atoms with Crippen LogP contribution in [0.25, 0.3) is 0 Å². The van der Waals surface area contributed by atoms with Crippen molar-refractivity contribution < 1.29 is 24.4 Å². The third kappa shape index (κ3) is 3.88. The summed E-state index contributed by atoms with van der Waals surface area (Å²) >= 11 is 5.81. The van der Waals surface area contributed by atoms with Crippen LogP contribution < -0.4 is 4.74 Å². The van der Waals surface area contributed by atoms with Crippen LogP contribution in [0, 0.1) is 10.1 Å². The Morgan fingerprint density at radius 3 is 2.52 bits per heavy atom. The van der Waals surface area contributed by atoms with E-state index in [0.717, 1.165) is 6.07 Å². The molecule has 3 rings (SSSR count). The number of alkyl halides is 1. The number of nitro groups is 1. The number of hydrogen-bond donors (Lipinski definition) is 1. The first-order chi connectivity index (χ1) is 13.9. The number of aliphatic carboxylic acids is 1. The van der Waals surface area contributed by atoms with Crippen molar-refractivity contribution in [2.45, 2.75) is 18.4 Å². The molecule has 29 heavy (non-hydrogen) atoms. The van der Waals surface area contributed by atoms with E-state index in [4.69, 9.17) is 16.3 Å². The number of non-ortho nitro benzene ring substituents is 1. The number of nitrogens with zero attached hydrogens (tertiary/aromatic N) is 2. The van der Waals surface area contributed by atoms with Gasteiger partial charge >= 0.3 is 5.97 Å². The fourth-order valence-corrected chi connectivity index (χ4v) is 3.78. The molecule has 152 valence electrons. The van der Waals surface area contributed by atoms with Crippen LogP contribution >= 0.6 is 11.6 Å². The molecule has 0 radical (unpaired) electrons. The van der Waals surface area contributed by atoms with E-state index in [1.165, 1.54) is 24.1 Å². The first-order valence-electron chi connectivity index (χ1n) is 8.91. The number of ether oxygens (including phenoxy) is 1. The van der Waals surface area contributed by atoms with Crippen LogP contribution in [-0.4, -0.2) is 46.3 Å². The Balaban J connectivity index is 2.18. The number of hydrogen-bond acceptors (Lipinski definition) is 5. The number of carbonyl (C=O) groups excluding carboxylic acids is 1. The van der Waals surface area contributed by atoms with Crippen molar-refractivity contribution in [2.24, 2.45) is 0 Å². The molecule has 1 N–H and O–H groups in total. The largest absolute Gasteiger partial charge is 0.497 e. The van der Waals surface area contributed by atoms with Crippen molar-refractivity contribution in [3.63, 3.8) is 0 Å². The molecule has 0 spiro atoms. The summed E-state index contributed by atoms with van der Waals surface area (Å²) in [6.07, 6.45) is 0.455. The van der Waals surface area contributed by atoms with Gasteiger partial charge in [-0.2, -0.15) is 0 Å². The zero-order chi connectivity index (χ0) is 21.1. The third-order valence-corrected chi connectivity index (χ3v) is 5.25. The van der Waals surface area contributed by atoms with Crippen molar-refractivity contribution in [3.8, 4) is 5.75 Å². The van der Waals surface area contributed by atoms with Crippen molar-refractivity contribution >= 4 is 29.2 Å². The average molecular weight is 419 g/mol. The number of fused-ring (bicyclic) bond motifs is 1. The summed E-state index contributed by atoms with van der Waals surface area (Å²) in [5, 5.41) is 21.1. The molecular formula is C20H19ClN2O6. The van der Waals surface area contributed by atoms with Crippen LogP contribution in [0.4, 0.5) is 5.69 Å². The number of carboxylic acid groups (broad SMARTS) is 1. The minimum Gasteiger partial charge on any atom is -0.497 e. The lowest BCUT2D eigenvalue weighted by Crippen LogP contribution is -2.45. The van der Waals surface area contributed by atoms with E-state index >= 15 is 0 Å². The number of benzene rings is 2. The molecular weight excluding hydrogens is 400 g/mol. The summed E-state index contributed by atoms with van der Waals surface area (Å²) in [5.41, 5.74) is 0.661. The first kappa shape index (κ1) is 20.6. The fourth-order valence-electron chi connectivity index (χ4n) is 3.66. The lowest BCUT2D eigenvalue weighted by Gasteiger charge is -2.40. The molecule has 8 nitrogen and oxygen atoms in total. The molecule has 2 aromatic carbocycles. The van der Waals surface area contributed by atoms with Gasteiger partial charge in [0.25, 0.3) is 11.6 Å².